The minimum absolute atomic E-state index is 0.0176. The van der Waals surface area contributed by atoms with E-state index >= 15 is 0 Å². The zero-order valence-corrected chi connectivity index (χ0v) is 14.8. The number of amides is 2. The Kier molecular flexibility index (Phi) is 5.67. The van der Waals surface area contributed by atoms with Gasteiger partial charge in [0.25, 0.3) is 0 Å². The van der Waals surface area contributed by atoms with Gasteiger partial charge in [-0.2, -0.15) is 13.2 Å². The smallest absolute Gasteiger partial charge is 0.342 e. The lowest BCUT2D eigenvalue weighted by Crippen LogP contribution is -2.30. The summed E-state index contributed by atoms with van der Waals surface area (Å²) in [4.78, 5) is 26.0. The van der Waals surface area contributed by atoms with E-state index in [1.54, 1.807) is 18.2 Å². The number of carbonyl (C=O) groups excluding carboxylic acids is 2. The van der Waals surface area contributed by atoms with Crippen LogP contribution < -0.4 is 5.32 Å². The predicted molar refractivity (Wildman–Crippen MR) is 94.9 cm³/mol. The molecule has 1 unspecified atom stereocenters. The third-order valence-corrected chi connectivity index (χ3v) is 4.67. The van der Waals surface area contributed by atoms with Crippen molar-refractivity contribution in [2.75, 3.05) is 18.4 Å². The summed E-state index contributed by atoms with van der Waals surface area (Å²) < 4.78 is 51.4. The van der Waals surface area contributed by atoms with Gasteiger partial charge in [-0.15, -0.1) is 0 Å². The molecular formula is C20H18F4N2O2. The van der Waals surface area contributed by atoms with Gasteiger partial charge in [-0.1, -0.05) is 18.2 Å². The van der Waals surface area contributed by atoms with Crippen molar-refractivity contribution in [2.45, 2.75) is 19.0 Å². The highest BCUT2D eigenvalue weighted by molar-refractivity contribution is 5.97. The molecule has 1 fully saturated rings. The lowest BCUT2D eigenvalue weighted by atomic mass is 10.1. The van der Waals surface area contributed by atoms with Crippen LogP contribution in [0.25, 0.3) is 0 Å². The summed E-state index contributed by atoms with van der Waals surface area (Å²) in [7, 11) is 0. The predicted octanol–water partition coefficient (Wildman–Crippen LogP) is 3.87. The first kappa shape index (κ1) is 19.9. The minimum Gasteiger partial charge on any atom is -0.342 e. The SMILES string of the molecule is O=C(Nc1ccc(C(F)(F)F)cc1)C1CC(=O)N(CCc2ccccc2F)C1. The number of anilines is 1. The molecule has 3 rings (SSSR count). The number of nitrogens with zero attached hydrogens (tertiary/aromatic N) is 1. The molecular weight excluding hydrogens is 376 g/mol. The number of hydrogen-bond acceptors (Lipinski definition) is 2. The molecule has 8 heteroatoms. The Bertz CT molecular complexity index is 865. The Morgan fingerprint density at radius 1 is 1.11 bits per heavy atom. The molecule has 148 valence electrons. The Morgan fingerprint density at radius 3 is 2.43 bits per heavy atom. The van der Waals surface area contributed by atoms with Gasteiger partial charge < -0.3 is 10.2 Å². The Balaban J connectivity index is 1.55. The average molecular weight is 394 g/mol. The molecule has 28 heavy (non-hydrogen) atoms. The van der Waals surface area contributed by atoms with E-state index in [0.29, 0.717) is 18.5 Å². The van der Waals surface area contributed by atoms with E-state index < -0.39 is 23.6 Å². The second-order valence-corrected chi connectivity index (χ2v) is 6.65. The molecule has 1 aliphatic rings. The van der Waals surface area contributed by atoms with Crippen LogP contribution in [0.2, 0.25) is 0 Å². The number of carbonyl (C=O) groups is 2. The molecule has 4 nitrogen and oxygen atoms in total. The molecule has 1 aliphatic heterocycles. The third kappa shape index (κ3) is 4.68. The van der Waals surface area contributed by atoms with Crippen LogP contribution in [0.15, 0.2) is 48.5 Å². The van der Waals surface area contributed by atoms with Gasteiger partial charge >= 0.3 is 6.18 Å². The van der Waals surface area contributed by atoms with Crippen LogP contribution >= 0.6 is 0 Å². The maximum atomic E-state index is 13.7. The molecule has 1 N–H and O–H groups in total. The first-order chi connectivity index (χ1) is 13.2. The van der Waals surface area contributed by atoms with Crippen molar-refractivity contribution in [3.05, 3.63) is 65.5 Å². The quantitative estimate of drug-likeness (QED) is 0.783. The molecule has 1 atom stereocenters. The third-order valence-electron chi connectivity index (χ3n) is 4.67. The zero-order chi connectivity index (χ0) is 20.3. The van der Waals surface area contributed by atoms with Crippen LogP contribution in [0.5, 0.6) is 0 Å². The molecule has 0 aliphatic carbocycles. The van der Waals surface area contributed by atoms with Gasteiger partial charge in [0.05, 0.1) is 11.5 Å². The van der Waals surface area contributed by atoms with Crippen LogP contribution in [0.3, 0.4) is 0 Å². The summed E-state index contributed by atoms with van der Waals surface area (Å²) in [6.07, 6.45) is -4.09. The van der Waals surface area contributed by atoms with Gasteiger partial charge in [0, 0.05) is 25.2 Å². The highest BCUT2D eigenvalue weighted by Crippen LogP contribution is 2.30. The molecule has 0 aromatic heterocycles. The van der Waals surface area contributed by atoms with E-state index in [4.69, 9.17) is 0 Å². The Hall–Kier alpha value is -2.90. The first-order valence-corrected chi connectivity index (χ1v) is 8.73. The van der Waals surface area contributed by atoms with Crippen molar-refractivity contribution in [3.8, 4) is 0 Å². The Labute approximate surface area is 159 Å². The lowest BCUT2D eigenvalue weighted by molar-refractivity contribution is -0.137. The molecule has 2 aromatic rings. The fraction of sp³-hybridized carbons (Fsp3) is 0.300. The molecule has 1 heterocycles. The summed E-state index contributed by atoms with van der Waals surface area (Å²) >= 11 is 0. The normalized spacial score (nSPS) is 17.1. The number of halogens is 4. The van der Waals surface area contributed by atoms with E-state index in [9.17, 15) is 27.2 Å². The lowest BCUT2D eigenvalue weighted by Gasteiger charge is -2.17. The molecule has 2 aromatic carbocycles. The number of rotatable bonds is 5. The van der Waals surface area contributed by atoms with Gasteiger partial charge in [-0.25, -0.2) is 4.39 Å². The highest BCUT2D eigenvalue weighted by atomic mass is 19.4. The van der Waals surface area contributed by atoms with Crippen LogP contribution in [0.1, 0.15) is 17.5 Å². The van der Waals surface area contributed by atoms with Gasteiger partial charge in [-0.05, 0) is 42.3 Å². The number of nitrogens with one attached hydrogen (secondary N) is 1. The van der Waals surface area contributed by atoms with Gasteiger partial charge in [-0.3, -0.25) is 9.59 Å². The Morgan fingerprint density at radius 2 is 1.79 bits per heavy atom. The topological polar surface area (TPSA) is 49.4 Å². The van der Waals surface area contributed by atoms with Crippen LogP contribution in [0.4, 0.5) is 23.2 Å². The molecule has 0 radical (unpaired) electrons. The van der Waals surface area contributed by atoms with E-state index in [0.717, 1.165) is 12.1 Å². The summed E-state index contributed by atoms with van der Waals surface area (Å²) in [5, 5.41) is 2.54. The summed E-state index contributed by atoms with van der Waals surface area (Å²) in [6, 6.07) is 10.4. The fourth-order valence-corrected chi connectivity index (χ4v) is 3.11. The van der Waals surface area contributed by atoms with Gasteiger partial charge in [0.2, 0.25) is 11.8 Å². The maximum absolute atomic E-state index is 13.7. The van der Waals surface area contributed by atoms with Gasteiger partial charge in [0.1, 0.15) is 5.82 Å². The second kappa shape index (κ2) is 8.00. The van der Waals surface area contributed by atoms with Crippen molar-refractivity contribution in [1.82, 2.24) is 4.90 Å². The zero-order valence-electron chi connectivity index (χ0n) is 14.8. The highest BCUT2D eigenvalue weighted by Gasteiger charge is 2.34. The molecule has 2 amide bonds. The number of likely N-dealkylation sites (tertiary alicyclic amines) is 1. The van der Waals surface area contributed by atoms with Crippen LogP contribution in [0, 0.1) is 11.7 Å². The van der Waals surface area contributed by atoms with Crippen LogP contribution in [-0.4, -0.2) is 29.8 Å². The number of hydrogen-bond donors (Lipinski definition) is 1. The average Bonchev–Trinajstić information content (AvgIpc) is 3.02. The van der Waals surface area contributed by atoms with E-state index in [1.165, 1.54) is 23.1 Å². The van der Waals surface area contributed by atoms with Crippen LogP contribution in [-0.2, 0) is 22.2 Å². The van der Waals surface area contributed by atoms with E-state index in [2.05, 4.69) is 5.32 Å². The van der Waals surface area contributed by atoms with Crippen molar-refractivity contribution in [3.63, 3.8) is 0 Å². The first-order valence-electron chi connectivity index (χ1n) is 8.73. The number of alkyl halides is 3. The van der Waals surface area contributed by atoms with Crippen molar-refractivity contribution >= 4 is 17.5 Å². The molecule has 1 saturated heterocycles. The summed E-state index contributed by atoms with van der Waals surface area (Å²) in [5.74, 6) is -1.58. The molecule has 0 spiro atoms. The van der Waals surface area contributed by atoms with Crippen molar-refractivity contribution < 1.29 is 27.2 Å². The summed E-state index contributed by atoms with van der Waals surface area (Å²) in [6.45, 7) is 0.490. The minimum atomic E-state index is -4.45. The van der Waals surface area contributed by atoms with E-state index in [1.807, 2.05) is 0 Å². The summed E-state index contributed by atoms with van der Waals surface area (Å²) in [5.41, 5.74) is -0.0796. The molecule has 0 bridgehead atoms. The standard InChI is InChI=1S/C20H18F4N2O2/c21-17-4-2-1-3-13(17)9-10-26-12-14(11-18(26)27)19(28)25-16-7-5-15(6-8-16)20(22,23)24/h1-8,14H,9-12H2,(H,25,28). The van der Waals surface area contributed by atoms with Crippen molar-refractivity contribution in [2.24, 2.45) is 5.92 Å². The fourth-order valence-electron chi connectivity index (χ4n) is 3.11. The van der Waals surface area contributed by atoms with Crippen molar-refractivity contribution in [1.29, 1.82) is 0 Å². The molecule has 0 saturated carbocycles. The number of benzene rings is 2. The maximum Gasteiger partial charge on any atom is 0.416 e. The van der Waals surface area contributed by atoms with E-state index in [-0.39, 0.29) is 30.4 Å². The van der Waals surface area contributed by atoms with Gasteiger partial charge in [0.15, 0.2) is 0 Å². The second-order valence-electron chi connectivity index (χ2n) is 6.65. The monoisotopic (exact) mass is 394 g/mol. The largest absolute Gasteiger partial charge is 0.416 e.